The van der Waals surface area contributed by atoms with E-state index in [0.29, 0.717) is 17.1 Å². The van der Waals surface area contributed by atoms with Gasteiger partial charge in [0.15, 0.2) is 0 Å². The molecule has 0 fully saturated rings. The molecule has 34 heavy (non-hydrogen) atoms. The molecule has 0 bridgehead atoms. The Morgan fingerprint density at radius 3 is 2.74 bits per heavy atom. The lowest BCUT2D eigenvalue weighted by Crippen LogP contribution is -2.30. The van der Waals surface area contributed by atoms with Gasteiger partial charge in [-0.15, -0.1) is 0 Å². The summed E-state index contributed by atoms with van der Waals surface area (Å²) >= 11 is 6.33. The summed E-state index contributed by atoms with van der Waals surface area (Å²) in [6, 6.07) is 20.7. The molecule has 170 valence electrons. The van der Waals surface area contributed by atoms with Gasteiger partial charge >= 0.3 is 0 Å². The molecule has 2 aliphatic heterocycles. The third-order valence-corrected chi connectivity index (χ3v) is 7.05. The number of aromatic nitrogens is 1. The molecule has 0 saturated heterocycles. The molecule has 6 heteroatoms. The van der Waals surface area contributed by atoms with E-state index in [4.69, 9.17) is 11.6 Å². The van der Waals surface area contributed by atoms with Crippen LogP contribution in [0, 0.1) is 0 Å². The van der Waals surface area contributed by atoms with Gasteiger partial charge in [0.25, 0.3) is 5.91 Å². The summed E-state index contributed by atoms with van der Waals surface area (Å²) in [5.74, 6) is 0.0618. The van der Waals surface area contributed by atoms with E-state index in [1.165, 1.54) is 5.57 Å². The first-order valence-corrected chi connectivity index (χ1v) is 11.9. The van der Waals surface area contributed by atoms with Crippen molar-refractivity contribution in [3.63, 3.8) is 0 Å². The highest BCUT2D eigenvalue weighted by Gasteiger charge is 2.36. The summed E-state index contributed by atoms with van der Waals surface area (Å²) in [6.07, 6.45) is 3.14. The zero-order valence-corrected chi connectivity index (χ0v) is 19.3. The highest BCUT2D eigenvalue weighted by molar-refractivity contribution is 6.30. The molecular weight excluding hydrogens is 446 g/mol. The molecule has 6 rings (SSSR count). The smallest absolute Gasteiger partial charge is 0.255 e. The molecule has 3 heterocycles. The number of fused-ring (bicyclic) bond motifs is 2. The minimum atomic E-state index is -0.507. The molecular formula is C28H24ClN3O2. The van der Waals surface area contributed by atoms with Crippen LogP contribution >= 0.6 is 11.6 Å². The van der Waals surface area contributed by atoms with E-state index in [2.05, 4.69) is 28.5 Å². The summed E-state index contributed by atoms with van der Waals surface area (Å²) in [4.78, 5) is 19.1. The van der Waals surface area contributed by atoms with Crippen molar-refractivity contribution in [1.29, 1.82) is 0 Å². The van der Waals surface area contributed by atoms with Gasteiger partial charge in [-0.2, -0.15) is 0 Å². The van der Waals surface area contributed by atoms with Gasteiger partial charge in [-0.25, -0.2) is 0 Å². The first-order valence-electron chi connectivity index (χ1n) is 11.5. The summed E-state index contributed by atoms with van der Waals surface area (Å²) in [7, 11) is 0. The van der Waals surface area contributed by atoms with E-state index >= 15 is 0 Å². The van der Waals surface area contributed by atoms with Crippen LogP contribution in [-0.2, 0) is 6.54 Å². The van der Waals surface area contributed by atoms with Crippen LogP contribution < -0.4 is 5.32 Å². The van der Waals surface area contributed by atoms with Gasteiger partial charge in [-0.05, 0) is 71.5 Å². The van der Waals surface area contributed by atoms with E-state index < -0.39 is 6.04 Å². The summed E-state index contributed by atoms with van der Waals surface area (Å²) in [5, 5.41) is 15.7. The summed E-state index contributed by atoms with van der Waals surface area (Å²) in [5.41, 5.74) is 6.50. The molecule has 5 nitrogen and oxygen atoms in total. The van der Waals surface area contributed by atoms with Crippen LogP contribution in [0.1, 0.15) is 45.2 Å². The fourth-order valence-corrected chi connectivity index (χ4v) is 5.29. The van der Waals surface area contributed by atoms with Gasteiger partial charge < -0.3 is 20.3 Å². The average molecular weight is 470 g/mol. The minimum absolute atomic E-state index is 0.0468. The van der Waals surface area contributed by atoms with Gasteiger partial charge in [0.05, 0.1) is 0 Å². The van der Waals surface area contributed by atoms with Crippen molar-refractivity contribution >= 4 is 34.0 Å². The zero-order chi connectivity index (χ0) is 23.2. The van der Waals surface area contributed by atoms with Gasteiger partial charge in [0, 0.05) is 40.4 Å². The van der Waals surface area contributed by atoms with Gasteiger partial charge in [0.1, 0.15) is 11.8 Å². The first-order chi connectivity index (χ1) is 16.6. The van der Waals surface area contributed by atoms with Crippen molar-refractivity contribution in [3.05, 3.63) is 106 Å². The Labute approximate surface area is 202 Å². The van der Waals surface area contributed by atoms with Gasteiger partial charge in [-0.1, -0.05) is 48.0 Å². The fraction of sp³-hybridized carbons (Fsp3) is 0.179. The number of nitrogens with one attached hydrogen (secondary N) is 2. The van der Waals surface area contributed by atoms with Crippen LogP contribution in [-0.4, -0.2) is 34.0 Å². The van der Waals surface area contributed by atoms with E-state index in [-0.39, 0.29) is 11.7 Å². The number of H-pyrrole nitrogens is 1. The second kappa shape index (κ2) is 8.35. The van der Waals surface area contributed by atoms with Crippen molar-refractivity contribution in [2.45, 2.75) is 19.0 Å². The van der Waals surface area contributed by atoms with E-state index in [0.717, 1.165) is 52.8 Å². The predicted molar refractivity (Wildman–Crippen MR) is 135 cm³/mol. The zero-order valence-electron chi connectivity index (χ0n) is 18.5. The second-order valence-electron chi connectivity index (χ2n) is 8.91. The topological polar surface area (TPSA) is 68.4 Å². The van der Waals surface area contributed by atoms with Crippen LogP contribution in [0.3, 0.4) is 0 Å². The Bertz CT molecular complexity index is 1420. The molecule has 3 N–H and O–H groups in total. The number of para-hydroxylation sites is 1. The largest absolute Gasteiger partial charge is 0.508 e. The Hall–Kier alpha value is -3.54. The van der Waals surface area contributed by atoms with Crippen LogP contribution in [0.5, 0.6) is 5.75 Å². The molecule has 1 atom stereocenters. The van der Waals surface area contributed by atoms with E-state index in [1.54, 1.807) is 18.2 Å². The van der Waals surface area contributed by atoms with Gasteiger partial charge in [-0.3, -0.25) is 4.79 Å². The molecule has 1 amide bonds. The van der Waals surface area contributed by atoms with Crippen molar-refractivity contribution in [3.8, 4) is 5.75 Å². The number of benzene rings is 3. The third kappa shape index (κ3) is 3.58. The Morgan fingerprint density at radius 1 is 1.03 bits per heavy atom. The van der Waals surface area contributed by atoms with Crippen LogP contribution in [0.25, 0.3) is 16.5 Å². The predicted octanol–water partition coefficient (Wildman–Crippen LogP) is 5.65. The minimum Gasteiger partial charge on any atom is -0.508 e. The molecule has 2 aliphatic rings. The third-order valence-electron chi connectivity index (χ3n) is 6.82. The van der Waals surface area contributed by atoms with Crippen molar-refractivity contribution in [1.82, 2.24) is 15.2 Å². The molecule has 1 aromatic heterocycles. The number of rotatable bonds is 4. The number of nitrogens with zero attached hydrogens (tertiary/aromatic N) is 1. The Balaban J connectivity index is 1.45. The lowest BCUT2D eigenvalue weighted by atomic mass is 9.97. The second-order valence-corrected chi connectivity index (χ2v) is 9.34. The molecule has 0 unspecified atom stereocenters. The average Bonchev–Trinajstić information content (AvgIpc) is 3.43. The maximum Gasteiger partial charge on any atom is 0.255 e. The number of phenolic OH excluding ortho intramolecular Hbond substituents is 1. The Kier molecular flexibility index (Phi) is 5.16. The quantitative estimate of drug-likeness (QED) is 0.362. The number of hydrogen-bond donors (Lipinski definition) is 3. The lowest BCUT2D eigenvalue weighted by Gasteiger charge is -2.28. The number of phenols is 1. The number of carbonyl (C=O) groups is 1. The van der Waals surface area contributed by atoms with Gasteiger partial charge in [0.2, 0.25) is 0 Å². The maximum absolute atomic E-state index is 13.8. The summed E-state index contributed by atoms with van der Waals surface area (Å²) < 4.78 is 0. The number of aromatic hydroxyl groups is 1. The number of amides is 1. The number of halogens is 1. The van der Waals surface area contributed by atoms with Crippen LogP contribution in [0.15, 0.2) is 72.8 Å². The first kappa shape index (κ1) is 21.0. The van der Waals surface area contributed by atoms with E-state index in [1.807, 2.05) is 41.3 Å². The SMILES string of the molecule is O=C1c2cc(C3=CCNCC3)ccc2CN1[C@@H](c1cc2ccccc2[nH]1)c1cc(Cl)ccc1O. The summed E-state index contributed by atoms with van der Waals surface area (Å²) in [6.45, 7) is 2.25. The monoisotopic (exact) mass is 469 g/mol. The Morgan fingerprint density at radius 2 is 1.91 bits per heavy atom. The number of hydrogen-bond acceptors (Lipinski definition) is 3. The standard InChI is InChI=1S/C28H24ClN3O2/c29-21-7-8-26(33)23(15-21)27(25-14-19-3-1-2-4-24(19)31-25)32-16-20-6-5-18(13-22(20)28(32)34)17-9-11-30-12-10-17/h1-9,13-15,27,30-31,33H,10-12,16H2/t27-/m1/s1. The molecule has 3 aromatic carbocycles. The highest BCUT2D eigenvalue weighted by Crippen LogP contribution is 2.41. The van der Waals surface area contributed by atoms with Crippen molar-refractivity contribution in [2.75, 3.05) is 13.1 Å². The normalized spacial score (nSPS) is 16.6. The lowest BCUT2D eigenvalue weighted by molar-refractivity contribution is 0.0727. The van der Waals surface area contributed by atoms with Crippen LogP contribution in [0.4, 0.5) is 0 Å². The van der Waals surface area contributed by atoms with Crippen molar-refractivity contribution < 1.29 is 9.90 Å². The van der Waals surface area contributed by atoms with Crippen LogP contribution in [0.2, 0.25) is 5.02 Å². The number of carbonyl (C=O) groups excluding carboxylic acids is 1. The highest BCUT2D eigenvalue weighted by atomic mass is 35.5. The molecule has 4 aromatic rings. The fourth-order valence-electron chi connectivity index (χ4n) is 5.11. The molecule has 0 saturated carbocycles. The maximum atomic E-state index is 13.8. The van der Waals surface area contributed by atoms with Crippen molar-refractivity contribution in [2.24, 2.45) is 0 Å². The number of aromatic amines is 1. The molecule has 0 spiro atoms. The molecule has 0 radical (unpaired) electrons. The van der Waals surface area contributed by atoms with E-state index in [9.17, 15) is 9.90 Å². The molecule has 0 aliphatic carbocycles.